The van der Waals surface area contributed by atoms with Gasteiger partial charge >= 0.3 is 0 Å². The lowest BCUT2D eigenvalue weighted by Gasteiger charge is -2.15. The fraction of sp³-hybridized carbons (Fsp3) is 0.316. The number of rotatable bonds is 4. The van der Waals surface area contributed by atoms with Crippen LogP contribution in [0.15, 0.2) is 28.7 Å². The Labute approximate surface area is 134 Å². The van der Waals surface area contributed by atoms with Crippen LogP contribution < -0.4 is 0 Å². The Bertz CT molecular complexity index is 697. The van der Waals surface area contributed by atoms with Gasteiger partial charge in [-0.3, -0.25) is 4.79 Å². The second kappa shape index (κ2) is 6.98. The number of terminal acetylenes is 1. The Hall–Kier alpha value is -1.79. The molecule has 1 aromatic rings. The molecule has 0 N–H and O–H groups in total. The van der Waals surface area contributed by atoms with E-state index < -0.39 is 10.4 Å². The molecule has 0 aliphatic heterocycles. The number of ketones is 1. The fourth-order valence-electron chi connectivity index (χ4n) is 2.08. The van der Waals surface area contributed by atoms with Crippen molar-refractivity contribution >= 4 is 22.3 Å². The van der Waals surface area contributed by atoms with Crippen LogP contribution in [0.2, 0.25) is 0 Å². The molecule has 1 aromatic carbocycles. The number of carbonyl (C=O) groups excluding carboxylic acids is 1. The molecule has 1 nitrogen and oxygen atoms in total. The predicted octanol–water partition coefficient (Wildman–Crippen LogP) is 5.05. The summed E-state index contributed by atoms with van der Waals surface area (Å²) < 4.78 is 13.8. The van der Waals surface area contributed by atoms with Crippen LogP contribution in [0.1, 0.15) is 29.2 Å². The van der Waals surface area contributed by atoms with Gasteiger partial charge in [0.05, 0.1) is 5.57 Å². The first-order chi connectivity index (χ1) is 10.0. The highest BCUT2D eigenvalue weighted by atomic mass is 32.3. The standard InChI is InChI=1S/C19H23FOS/c1-8-17(12-22(6,7)20)19(21)16(5)11-18-10-14(3)13(2)9-15(18)4/h1,9-12H,2-7H3/b16-11+,17-12-. The maximum absolute atomic E-state index is 13.8. The van der Waals surface area contributed by atoms with E-state index in [1.165, 1.54) is 29.0 Å². The van der Waals surface area contributed by atoms with Crippen LogP contribution in [0.3, 0.4) is 0 Å². The summed E-state index contributed by atoms with van der Waals surface area (Å²) in [5.41, 5.74) is 5.07. The second-order valence-corrected chi connectivity index (χ2v) is 8.69. The van der Waals surface area contributed by atoms with Crippen molar-refractivity contribution in [3.8, 4) is 12.3 Å². The number of hydrogen-bond donors (Lipinski definition) is 0. The zero-order chi connectivity index (χ0) is 17.1. The second-order valence-electron chi connectivity index (χ2n) is 5.90. The normalized spacial score (nSPS) is 13.7. The topological polar surface area (TPSA) is 17.1 Å². The molecule has 0 spiro atoms. The van der Waals surface area contributed by atoms with Crippen molar-refractivity contribution in [3.05, 3.63) is 50.9 Å². The predicted molar refractivity (Wildman–Crippen MR) is 96.8 cm³/mol. The summed E-state index contributed by atoms with van der Waals surface area (Å²) in [6, 6.07) is 4.14. The van der Waals surface area contributed by atoms with Gasteiger partial charge < -0.3 is 0 Å². The first-order valence-corrected chi connectivity index (χ1v) is 9.38. The highest BCUT2D eigenvalue weighted by molar-refractivity contribution is 8.30. The smallest absolute Gasteiger partial charge is 0.197 e. The zero-order valence-electron chi connectivity index (χ0n) is 14.1. The number of Topliss-reactive ketones (excluding diaryl/α,β-unsaturated/α-hetero) is 1. The van der Waals surface area contributed by atoms with Gasteiger partial charge in [-0.2, -0.15) is 3.89 Å². The molecule has 118 valence electrons. The molecule has 0 aliphatic carbocycles. The summed E-state index contributed by atoms with van der Waals surface area (Å²) in [7, 11) is -2.46. The van der Waals surface area contributed by atoms with Gasteiger partial charge in [0, 0.05) is 5.41 Å². The number of benzene rings is 1. The molecule has 0 bridgehead atoms. The fourth-order valence-corrected chi connectivity index (χ4v) is 2.82. The summed E-state index contributed by atoms with van der Waals surface area (Å²) in [5.74, 6) is 2.02. The highest BCUT2D eigenvalue weighted by Crippen LogP contribution is 2.44. The van der Waals surface area contributed by atoms with Crippen molar-refractivity contribution in [2.75, 3.05) is 12.5 Å². The van der Waals surface area contributed by atoms with E-state index in [2.05, 4.69) is 18.9 Å². The third-order valence-electron chi connectivity index (χ3n) is 3.41. The Morgan fingerprint density at radius 1 is 1.18 bits per heavy atom. The number of allylic oxidation sites excluding steroid dienone is 2. The van der Waals surface area contributed by atoms with E-state index in [0.29, 0.717) is 5.57 Å². The zero-order valence-corrected chi connectivity index (χ0v) is 14.9. The largest absolute Gasteiger partial charge is 0.288 e. The van der Waals surface area contributed by atoms with Gasteiger partial charge in [-0.05, 0) is 74.1 Å². The number of aryl methyl sites for hydroxylation is 3. The van der Waals surface area contributed by atoms with Gasteiger partial charge in [-0.15, -0.1) is 6.42 Å². The average molecular weight is 318 g/mol. The van der Waals surface area contributed by atoms with Crippen LogP contribution >= 0.6 is 10.4 Å². The Kier molecular flexibility index (Phi) is 5.79. The summed E-state index contributed by atoms with van der Waals surface area (Å²) in [6.07, 6.45) is 10.1. The van der Waals surface area contributed by atoms with E-state index in [1.807, 2.05) is 26.0 Å². The van der Waals surface area contributed by atoms with Gasteiger partial charge in [0.15, 0.2) is 5.78 Å². The minimum atomic E-state index is -2.46. The molecule has 0 atom stereocenters. The van der Waals surface area contributed by atoms with E-state index >= 15 is 0 Å². The van der Waals surface area contributed by atoms with Crippen LogP contribution in [0, 0.1) is 33.1 Å². The number of carbonyl (C=O) groups is 1. The van der Waals surface area contributed by atoms with Crippen LogP contribution in [-0.4, -0.2) is 18.3 Å². The lowest BCUT2D eigenvalue weighted by atomic mass is 9.97. The molecular weight excluding hydrogens is 295 g/mol. The SMILES string of the molecule is C#C/C(=C/S(C)(C)F)C(=O)/C(C)=C/c1cc(C)c(C)cc1C. The molecule has 0 unspecified atom stereocenters. The monoisotopic (exact) mass is 318 g/mol. The molecule has 1 rings (SSSR count). The van der Waals surface area contributed by atoms with E-state index in [9.17, 15) is 8.68 Å². The van der Waals surface area contributed by atoms with E-state index in [0.717, 1.165) is 11.1 Å². The molecule has 22 heavy (non-hydrogen) atoms. The van der Waals surface area contributed by atoms with Crippen molar-refractivity contribution < 1.29 is 8.68 Å². The summed E-state index contributed by atoms with van der Waals surface area (Å²) in [5, 5.41) is 1.28. The molecule has 0 radical (unpaired) electrons. The molecule has 0 saturated heterocycles. The van der Waals surface area contributed by atoms with Crippen LogP contribution in [0.25, 0.3) is 6.08 Å². The Morgan fingerprint density at radius 3 is 2.23 bits per heavy atom. The minimum absolute atomic E-state index is 0.0951. The molecular formula is C19H23FOS. The number of hydrogen-bond acceptors (Lipinski definition) is 1. The van der Waals surface area contributed by atoms with Gasteiger partial charge in [-0.1, -0.05) is 28.5 Å². The van der Waals surface area contributed by atoms with Crippen LogP contribution in [0.4, 0.5) is 3.89 Å². The van der Waals surface area contributed by atoms with Crippen molar-refractivity contribution in [1.82, 2.24) is 0 Å². The maximum atomic E-state index is 13.8. The van der Waals surface area contributed by atoms with Gasteiger partial charge in [-0.25, -0.2) is 0 Å². The highest BCUT2D eigenvalue weighted by Gasteiger charge is 2.15. The van der Waals surface area contributed by atoms with Gasteiger partial charge in [0.1, 0.15) is 0 Å². The Balaban J connectivity index is 3.23. The summed E-state index contributed by atoms with van der Waals surface area (Å²) in [4.78, 5) is 12.4. The number of halogens is 1. The molecule has 0 aromatic heterocycles. The molecule has 0 aliphatic rings. The van der Waals surface area contributed by atoms with Gasteiger partial charge in [0.25, 0.3) is 0 Å². The maximum Gasteiger partial charge on any atom is 0.197 e. The third kappa shape index (κ3) is 4.89. The van der Waals surface area contributed by atoms with E-state index in [-0.39, 0.29) is 11.4 Å². The van der Waals surface area contributed by atoms with Crippen molar-refractivity contribution in [2.45, 2.75) is 27.7 Å². The molecule has 0 saturated carbocycles. The first kappa shape index (κ1) is 18.3. The lowest BCUT2D eigenvalue weighted by Crippen LogP contribution is -2.04. The molecule has 0 fully saturated rings. The first-order valence-electron chi connectivity index (χ1n) is 6.97. The van der Waals surface area contributed by atoms with Crippen molar-refractivity contribution in [2.24, 2.45) is 0 Å². The molecule has 0 amide bonds. The summed E-state index contributed by atoms with van der Waals surface area (Å²) >= 11 is 0. The Morgan fingerprint density at radius 2 is 1.73 bits per heavy atom. The average Bonchev–Trinajstić information content (AvgIpc) is 2.40. The third-order valence-corrected chi connectivity index (χ3v) is 4.21. The molecule has 3 heteroatoms. The summed E-state index contributed by atoms with van der Waals surface area (Å²) in [6.45, 7) is 7.80. The minimum Gasteiger partial charge on any atom is -0.288 e. The van der Waals surface area contributed by atoms with E-state index in [4.69, 9.17) is 6.42 Å². The van der Waals surface area contributed by atoms with E-state index in [1.54, 1.807) is 6.92 Å². The lowest BCUT2D eigenvalue weighted by molar-refractivity contribution is -0.111. The van der Waals surface area contributed by atoms with Gasteiger partial charge in [0.2, 0.25) is 0 Å². The van der Waals surface area contributed by atoms with Crippen LogP contribution in [0.5, 0.6) is 0 Å². The quantitative estimate of drug-likeness (QED) is 0.561. The van der Waals surface area contributed by atoms with Crippen LogP contribution in [-0.2, 0) is 4.79 Å². The van der Waals surface area contributed by atoms with Crippen molar-refractivity contribution in [3.63, 3.8) is 0 Å². The molecule has 0 heterocycles. The van der Waals surface area contributed by atoms with Crippen molar-refractivity contribution in [1.29, 1.82) is 0 Å².